The molecule has 1 fully saturated rings. The monoisotopic (exact) mass is 326 g/mol. The quantitative estimate of drug-likeness (QED) is 0.934. The Morgan fingerprint density at radius 3 is 2.82 bits per heavy atom. The van der Waals surface area contributed by atoms with Crippen LogP contribution in [0.25, 0.3) is 11.4 Å². The van der Waals surface area contributed by atoms with Gasteiger partial charge in [0.15, 0.2) is 0 Å². The van der Waals surface area contributed by atoms with Crippen molar-refractivity contribution in [1.82, 2.24) is 15.0 Å². The molecule has 5 nitrogen and oxygen atoms in total. The number of hydrogen-bond donors (Lipinski definition) is 1. The normalized spacial score (nSPS) is 18.9. The molecule has 120 valence electrons. The van der Waals surface area contributed by atoms with E-state index in [0.29, 0.717) is 24.2 Å². The summed E-state index contributed by atoms with van der Waals surface area (Å²) in [7, 11) is 0. The van der Waals surface area contributed by atoms with Crippen LogP contribution in [0.1, 0.15) is 18.7 Å². The zero-order valence-corrected chi connectivity index (χ0v) is 13.1. The van der Waals surface area contributed by atoms with Crippen molar-refractivity contribution in [2.24, 2.45) is 11.7 Å². The van der Waals surface area contributed by atoms with Crippen molar-refractivity contribution in [2.75, 3.05) is 19.6 Å². The van der Waals surface area contributed by atoms with Crippen molar-refractivity contribution in [3.63, 3.8) is 0 Å². The summed E-state index contributed by atoms with van der Waals surface area (Å²) in [6.45, 7) is 3.38. The maximum atomic E-state index is 12.9. The fraction of sp³-hybridized carbons (Fsp3) is 0.467. The number of rotatable bonds is 4. The molecule has 3 rings (SSSR count). The first-order valence-electron chi connectivity index (χ1n) is 7.25. The van der Waals surface area contributed by atoms with E-state index in [1.54, 1.807) is 12.1 Å². The lowest BCUT2D eigenvalue weighted by Crippen LogP contribution is -2.37. The molecule has 7 heteroatoms. The van der Waals surface area contributed by atoms with E-state index in [4.69, 9.17) is 10.3 Å². The zero-order valence-electron chi connectivity index (χ0n) is 12.2. The highest BCUT2D eigenvalue weighted by Gasteiger charge is 2.20. The van der Waals surface area contributed by atoms with E-state index < -0.39 is 0 Å². The van der Waals surface area contributed by atoms with Crippen LogP contribution in [-0.2, 0) is 6.54 Å². The topological polar surface area (TPSA) is 68.2 Å². The predicted octanol–water partition coefficient (Wildman–Crippen LogP) is 2.47. The molecule has 1 aliphatic heterocycles. The molecular formula is C15H20ClFN4O. The minimum atomic E-state index is -0.274. The Balaban J connectivity index is 0.00000176. The Morgan fingerprint density at radius 2 is 2.09 bits per heavy atom. The Kier molecular flexibility index (Phi) is 5.88. The third-order valence-corrected chi connectivity index (χ3v) is 3.87. The molecule has 2 N–H and O–H groups in total. The van der Waals surface area contributed by atoms with E-state index in [1.165, 1.54) is 18.6 Å². The smallest absolute Gasteiger partial charge is 0.241 e. The SMILES string of the molecule is Cl.NCC1CCCN(Cc2nc(-c3ccc(F)cc3)no2)C1. The molecule has 0 radical (unpaired) electrons. The Labute approximate surface area is 135 Å². The summed E-state index contributed by atoms with van der Waals surface area (Å²) in [4.78, 5) is 6.68. The number of halogens is 2. The van der Waals surface area contributed by atoms with Crippen molar-refractivity contribution in [1.29, 1.82) is 0 Å². The van der Waals surface area contributed by atoms with E-state index in [1.807, 2.05) is 0 Å². The molecule has 1 atom stereocenters. The van der Waals surface area contributed by atoms with Gasteiger partial charge in [-0.1, -0.05) is 5.16 Å². The van der Waals surface area contributed by atoms with Gasteiger partial charge in [-0.05, 0) is 56.1 Å². The van der Waals surface area contributed by atoms with E-state index in [9.17, 15) is 4.39 Å². The third kappa shape index (κ3) is 4.03. The van der Waals surface area contributed by atoms with Crippen LogP contribution in [0, 0.1) is 11.7 Å². The van der Waals surface area contributed by atoms with Gasteiger partial charge in [0.25, 0.3) is 0 Å². The maximum Gasteiger partial charge on any atom is 0.241 e. The predicted molar refractivity (Wildman–Crippen MR) is 84.0 cm³/mol. The van der Waals surface area contributed by atoms with Crippen LogP contribution in [0.15, 0.2) is 28.8 Å². The highest BCUT2D eigenvalue weighted by molar-refractivity contribution is 5.85. The lowest BCUT2D eigenvalue weighted by molar-refractivity contribution is 0.153. The summed E-state index contributed by atoms with van der Waals surface area (Å²) in [5.74, 6) is 1.37. The van der Waals surface area contributed by atoms with Gasteiger partial charge in [0.1, 0.15) is 5.82 Å². The van der Waals surface area contributed by atoms with Gasteiger partial charge >= 0.3 is 0 Å². The van der Waals surface area contributed by atoms with Crippen molar-refractivity contribution in [3.05, 3.63) is 36.0 Å². The number of piperidine rings is 1. The average molecular weight is 327 g/mol. The Hall–Kier alpha value is -1.50. The van der Waals surface area contributed by atoms with E-state index in [2.05, 4.69) is 15.0 Å². The summed E-state index contributed by atoms with van der Waals surface area (Å²) < 4.78 is 18.2. The summed E-state index contributed by atoms with van der Waals surface area (Å²) in [6.07, 6.45) is 2.35. The summed E-state index contributed by atoms with van der Waals surface area (Å²) in [5.41, 5.74) is 6.50. The molecule has 0 spiro atoms. The highest BCUT2D eigenvalue weighted by Crippen LogP contribution is 2.19. The van der Waals surface area contributed by atoms with E-state index in [-0.39, 0.29) is 18.2 Å². The largest absolute Gasteiger partial charge is 0.338 e. The second kappa shape index (κ2) is 7.67. The molecule has 2 aromatic rings. The third-order valence-electron chi connectivity index (χ3n) is 3.87. The molecule has 0 bridgehead atoms. The number of nitrogens with zero attached hydrogens (tertiary/aromatic N) is 3. The van der Waals surface area contributed by atoms with Gasteiger partial charge < -0.3 is 10.3 Å². The first-order valence-corrected chi connectivity index (χ1v) is 7.25. The van der Waals surface area contributed by atoms with Crippen LogP contribution in [0.2, 0.25) is 0 Å². The van der Waals surface area contributed by atoms with Crippen LogP contribution < -0.4 is 5.73 Å². The van der Waals surface area contributed by atoms with Crippen molar-refractivity contribution < 1.29 is 8.91 Å². The number of likely N-dealkylation sites (tertiary alicyclic amines) is 1. The van der Waals surface area contributed by atoms with E-state index >= 15 is 0 Å². The minimum absolute atomic E-state index is 0. The van der Waals surface area contributed by atoms with Gasteiger partial charge in [0.05, 0.1) is 6.54 Å². The van der Waals surface area contributed by atoms with Crippen LogP contribution in [0.3, 0.4) is 0 Å². The van der Waals surface area contributed by atoms with Gasteiger partial charge in [-0.2, -0.15) is 4.98 Å². The first-order chi connectivity index (χ1) is 10.2. The number of benzene rings is 1. The summed E-state index contributed by atoms with van der Waals surface area (Å²) in [6, 6.07) is 6.08. The molecule has 1 aromatic heterocycles. The van der Waals surface area contributed by atoms with Gasteiger partial charge in [0, 0.05) is 12.1 Å². The second-order valence-corrected chi connectivity index (χ2v) is 5.50. The van der Waals surface area contributed by atoms with Crippen LogP contribution in [0.4, 0.5) is 4.39 Å². The summed E-state index contributed by atoms with van der Waals surface area (Å²) in [5, 5.41) is 3.96. The van der Waals surface area contributed by atoms with Crippen molar-refractivity contribution in [3.8, 4) is 11.4 Å². The highest BCUT2D eigenvalue weighted by atomic mass is 35.5. The lowest BCUT2D eigenvalue weighted by Gasteiger charge is -2.30. The van der Waals surface area contributed by atoms with Gasteiger partial charge in [0.2, 0.25) is 11.7 Å². The number of hydrogen-bond acceptors (Lipinski definition) is 5. The average Bonchev–Trinajstić information content (AvgIpc) is 2.96. The Bertz CT molecular complexity index is 589. The number of nitrogens with two attached hydrogens (primary N) is 1. The fourth-order valence-electron chi connectivity index (χ4n) is 2.71. The molecule has 0 amide bonds. The molecule has 1 aromatic carbocycles. The molecule has 2 heterocycles. The molecule has 0 saturated carbocycles. The molecule has 0 aliphatic carbocycles. The van der Waals surface area contributed by atoms with E-state index in [0.717, 1.165) is 31.6 Å². The van der Waals surface area contributed by atoms with Crippen molar-refractivity contribution in [2.45, 2.75) is 19.4 Å². The summed E-state index contributed by atoms with van der Waals surface area (Å²) >= 11 is 0. The van der Waals surface area contributed by atoms with Crippen LogP contribution in [-0.4, -0.2) is 34.7 Å². The van der Waals surface area contributed by atoms with Gasteiger partial charge in [-0.15, -0.1) is 12.4 Å². The van der Waals surface area contributed by atoms with Gasteiger partial charge in [-0.25, -0.2) is 4.39 Å². The minimum Gasteiger partial charge on any atom is -0.338 e. The molecular weight excluding hydrogens is 307 g/mol. The fourth-order valence-corrected chi connectivity index (χ4v) is 2.71. The van der Waals surface area contributed by atoms with Crippen LogP contribution >= 0.6 is 12.4 Å². The second-order valence-electron chi connectivity index (χ2n) is 5.50. The lowest BCUT2D eigenvalue weighted by atomic mass is 9.98. The maximum absolute atomic E-state index is 12.9. The first kappa shape index (κ1) is 16.9. The van der Waals surface area contributed by atoms with Crippen molar-refractivity contribution >= 4 is 12.4 Å². The molecule has 1 unspecified atom stereocenters. The standard InChI is InChI=1S/C15H19FN4O.ClH/c16-13-5-3-12(4-6-13)15-18-14(21-19-15)10-20-7-1-2-11(8-17)9-20;/h3-6,11H,1-2,7-10,17H2;1H. The van der Waals surface area contributed by atoms with Gasteiger partial charge in [-0.3, -0.25) is 4.90 Å². The molecule has 22 heavy (non-hydrogen) atoms. The zero-order chi connectivity index (χ0) is 14.7. The number of aromatic nitrogens is 2. The van der Waals surface area contributed by atoms with Crippen LogP contribution in [0.5, 0.6) is 0 Å². The molecule has 1 aliphatic rings. The molecule has 1 saturated heterocycles. The Morgan fingerprint density at radius 1 is 1.32 bits per heavy atom.